The molecule has 0 aliphatic rings. The minimum atomic E-state index is -0.0506. The highest BCUT2D eigenvalue weighted by Crippen LogP contribution is 1.87. The molecule has 0 amide bonds. The van der Waals surface area contributed by atoms with E-state index in [-0.39, 0.29) is 6.61 Å². The van der Waals surface area contributed by atoms with Crippen LogP contribution in [0, 0.1) is 0 Å². The van der Waals surface area contributed by atoms with Gasteiger partial charge in [-0.3, -0.25) is 4.98 Å². The van der Waals surface area contributed by atoms with Crippen LogP contribution >= 0.6 is 0 Å². The molecule has 2 nitrogen and oxygen atoms in total. The zero-order valence-corrected chi connectivity index (χ0v) is 4.91. The summed E-state index contributed by atoms with van der Waals surface area (Å²) in [5.41, 5.74) is 1.24. The molecule has 0 aliphatic carbocycles. The van der Waals surface area contributed by atoms with Crippen molar-refractivity contribution in [2.24, 2.45) is 0 Å². The first-order valence-corrected chi connectivity index (χ1v) is 2.64. The summed E-state index contributed by atoms with van der Waals surface area (Å²) in [6, 6.07) is 3.32. The van der Waals surface area contributed by atoms with Gasteiger partial charge in [0.2, 0.25) is 0 Å². The number of nitrogens with zero attached hydrogens (tertiary/aromatic N) is 1. The highest BCUT2D eigenvalue weighted by atomic mass is 16.3. The molecule has 44 valence electrons. The zero-order valence-electron chi connectivity index (χ0n) is 4.91. The van der Waals surface area contributed by atoms with Gasteiger partial charge in [0.25, 0.3) is 0 Å². The van der Waals surface area contributed by atoms with Crippen molar-refractivity contribution in [1.82, 2.24) is 4.98 Å². The molecule has 0 atom stereocenters. The van der Waals surface area contributed by atoms with E-state index in [0.29, 0.717) is 11.2 Å². The number of aliphatic hydroxyl groups is 1. The van der Waals surface area contributed by atoms with Crippen LogP contribution in [-0.2, 0) is 6.61 Å². The molecule has 1 aromatic rings. The number of hydrogen-bond acceptors (Lipinski definition) is 2. The molecule has 0 aromatic carbocycles. The van der Waals surface area contributed by atoms with Crippen LogP contribution in [0.5, 0.6) is 0 Å². The minimum absolute atomic E-state index is 0.0506. The van der Waals surface area contributed by atoms with Crippen molar-refractivity contribution in [3.05, 3.63) is 24.0 Å². The summed E-state index contributed by atoms with van der Waals surface area (Å²) in [6.07, 6.45) is 1.57. The molecule has 0 unspecified atom stereocenters. The third-order valence-corrected chi connectivity index (χ3v) is 1.00. The molecule has 1 aromatic heterocycles. The first-order chi connectivity index (χ1) is 4.33. The van der Waals surface area contributed by atoms with E-state index in [1.165, 1.54) is 0 Å². The minimum Gasteiger partial charge on any atom is -0.390 e. The number of aliphatic hydroxyl groups excluding tert-OH is 1. The molecule has 0 saturated carbocycles. The molecule has 1 N–H and O–H groups in total. The highest BCUT2D eigenvalue weighted by molar-refractivity contribution is 6.32. The van der Waals surface area contributed by atoms with Crippen LogP contribution in [0.1, 0.15) is 5.69 Å². The fraction of sp³-hybridized carbons (Fsp3) is 0.167. The van der Waals surface area contributed by atoms with Crippen molar-refractivity contribution >= 4 is 13.3 Å². The van der Waals surface area contributed by atoms with Crippen LogP contribution in [0.25, 0.3) is 0 Å². The standard InChI is InChI=1S/C6H6BNO/c7-5-1-2-8-6(3-5)4-9/h1-3,9H,4H2. The van der Waals surface area contributed by atoms with E-state index < -0.39 is 0 Å². The van der Waals surface area contributed by atoms with Crippen molar-refractivity contribution < 1.29 is 5.11 Å². The van der Waals surface area contributed by atoms with Crippen molar-refractivity contribution in [3.8, 4) is 0 Å². The second-order valence-electron chi connectivity index (χ2n) is 1.74. The molecule has 0 bridgehead atoms. The van der Waals surface area contributed by atoms with Gasteiger partial charge in [0.05, 0.1) is 12.3 Å². The number of aromatic nitrogens is 1. The summed E-state index contributed by atoms with van der Waals surface area (Å²) in [6.45, 7) is -0.0506. The summed E-state index contributed by atoms with van der Waals surface area (Å²) in [7, 11) is 5.38. The van der Waals surface area contributed by atoms with Crippen LogP contribution in [0.3, 0.4) is 0 Å². The molecule has 0 spiro atoms. The van der Waals surface area contributed by atoms with Crippen LogP contribution in [0.15, 0.2) is 18.3 Å². The van der Waals surface area contributed by atoms with Crippen LogP contribution < -0.4 is 5.46 Å². The molecule has 3 heteroatoms. The lowest BCUT2D eigenvalue weighted by atomic mass is 9.97. The summed E-state index contributed by atoms with van der Waals surface area (Å²) in [5, 5.41) is 8.54. The predicted octanol–water partition coefficient (Wildman–Crippen LogP) is -0.632. The van der Waals surface area contributed by atoms with Crippen molar-refractivity contribution in [3.63, 3.8) is 0 Å². The fourth-order valence-electron chi connectivity index (χ4n) is 0.583. The molecule has 0 fully saturated rings. The van der Waals surface area contributed by atoms with Gasteiger partial charge in [0, 0.05) is 6.20 Å². The van der Waals surface area contributed by atoms with Gasteiger partial charge >= 0.3 is 0 Å². The van der Waals surface area contributed by atoms with E-state index in [4.69, 9.17) is 13.0 Å². The Labute approximate surface area is 55.0 Å². The Kier molecular flexibility index (Phi) is 1.85. The zero-order chi connectivity index (χ0) is 6.69. The van der Waals surface area contributed by atoms with Gasteiger partial charge in [-0.1, -0.05) is 11.5 Å². The average Bonchev–Trinajstić information content (AvgIpc) is 1.88. The van der Waals surface area contributed by atoms with Gasteiger partial charge in [0.1, 0.15) is 7.85 Å². The summed E-state index contributed by atoms with van der Waals surface area (Å²) < 4.78 is 0. The first-order valence-electron chi connectivity index (χ1n) is 2.64. The molecule has 1 rings (SSSR count). The van der Waals surface area contributed by atoms with E-state index in [9.17, 15) is 0 Å². The SMILES string of the molecule is [B]c1ccnc(CO)c1. The third kappa shape index (κ3) is 1.54. The molecular formula is C6H6BNO. The maximum atomic E-state index is 8.54. The van der Waals surface area contributed by atoms with Gasteiger partial charge in [-0.15, -0.1) is 0 Å². The maximum Gasteiger partial charge on any atom is 0.113 e. The normalized spacial score (nSPS) is 9.44. The first kappa shape index (κ1) is 6.30. The van der Waals surface area contributed by atoms with Gasteiger partial charge in [-0.2, -0.15) is 0 Å². The van der Waals surface area contributed by atoms with Crippen LogP contribution in [-0.4, -0.2) is 17.9 Å². The van der Waals surface area contributed by atoms with Crippen LogP contribution in [0.2, 0.25) is 0 Å². The number of hydrogen-bond donors (Lipinski definition) is 1. The molecule has 1 heterocycles. The Morgan fingerprint density at radius 2 is 2.44 bits per heavy atom. The Balaban J connectivity index is 2.94. The largest absolute Gasteiger partial charge is 0.390 e. The van der Waals surface area contributed by atoms with Gasteiger partial charge in [-0.05, 0) is 6.07 Å². The Morgan fingerprint density at radius 1 is 1.67 bits per heavy atom. The van der Waals surface area contributed by atoms with E-state index in [1.54, 1.807) is 18.3 Å². The summed E-state index contributed by atoms with van der Waals surface area (Å²) >= 11 is 0. The average molecular weight is 119 g/mol. The highest BCUT2D eigenvalue weighted by Gasteiger charge is 1.88. The molecule has 2 radical (unpaired) electrons. The molecule has 9 heavy (non-hydrogen) atoms. The van der Waals surface area contributed by atoms with E-state index >= 15 is 0 Å². The van der Waals surface area contributed by atoms with E-state index in [2.05, 4.69) is 4.98 Å². The Morgan fingerprint density at radius 3 is 2.89 bits per heavy atom. The van der Waals surface area contributed by atoms with Gasteiger partial charge < -0.3 is 5.11 Å². The topological polar surface area (TPSA) is 33.1 Å². The lowest BCUT2D eigenvalue weighted by molar-refractivity contribution is 0.277. The van der Waals surface area contributed by atoms with Crippen LogP contribution in [0.4, 0.5) is 0 Å². The predicted molar refractivity (Wildman–Crippen MR) is 35.5 cm³/mol. The second kappa shape index (κ2) is 2.64. The third-order valence-electron chi connectivity index (χ3n) is 1.00. The summed E-state index contributed by atoms with van der Waals surface area (Å²) in [5.74, 6) is 0. The fourth-order valence-corrected chi connectivity index (χ4v) is 0.583. The smallest absolute Gasteiger partial charge is 0.113 e. The Bertz CT molecular complexity index is 202. The quantitative estimate of drug-likeness (QED) is 0.499. The molecule has 0 saturated heterocycles. The van der Waals surface area contributed by atoms with E-state index in [1.807, 2.05) is 0 Å². The Hall–Kier alpha value is -0.825. The van der Waals surface area contributed by atoms with Crippen molar-refractivity contribution in [2.45, 2.75) is 6.61 Å². The van der Waals surface area contributed by atoms with Crippen molar-refractivity contribution in [1.29, 1.82) is 0 Å². The number of pyridine rings is 1. The van der Waals surface area contributed by atoms with Gasteiger partial charge in [0.15, 0.2) is 0 Å². The van der Waals surface area contributed by atoms with Gasteiger partial charge in [-0.25, -0.2) is 0 Å². The lowest BCUT2D eigenvalue weighted by Crippen LogP contribution is -2.04. The molecule has 0 aliphatic heterocycles. The summed E-state index contributed by atoms with van der Waals surface area (Å²) in [4.78, 5) is 3.83. The maximum absolute atomic E-state index is 8.54. The number of rotatable bonds is 1. The molecular weight excluding hydrogens is 113 g/mol. The lowest BCUT2D eigenvalue weighted by Gasteiger charge is -1.94. The monoisotopic (exact) mass is 119 g/mol. The van der Waals surface area contributed by atoms with Crippen molar-refractivity contribution in [2.75, 3.05) is 0 Å². The second-order valence-corrected chi connectivity index (χ2v) is 1.74. The van der Waals surface area contributed by atoms with E-state index in [0.717, 1.165) is 0 Å².